The lowest BCUT2D eigenvalue weighted by Crippen LogP contribution is -1.97. The number of aliphatic hydroxyl groups is 1. The zero-order valence-electron chi connectivity index (χ0n) is 12.2. The molecule has 0 heterocycles. The summed E-state index contributed by atoms with van der Waals surface area (Å²) in [4.78, 5) is 0. The Hall–Kier alpha value is -2.66. The zero-order valence-corrected chi connectivity index (χ0v) is 12.2. The number of phenols is 3. The molecule has 0 amide bonds. The van der Waals surface area contributed by atoms with Gasteiger partial charge < -0.3 is 25.2 Å². The molecule has 0 aliphatic rings. The predicted molar refractivity (Wildman–Crippen MR) is 84.1 cm³/mol. The Morgan fingerprint density at radius 1 is 0.909 bits per heavy atom. The van der Waals surface area contributed by atoms with Crippen LogP contribution in [0.5, 0.6) is 23.0 Å². The lowest BCUT2D eigenvalue weighted by molar-refractivity contribution is 0.294. The van der Waals surface area contributed by atoms with E-state index in [0.717, 1.165) is 0 Å². The molecule has 0 radical (unpaired) electrons. The van der Waals surface area contributed by atoms with Gasteiger partial charge >= 0.3 is 0 Å². The first-order valence-electron chi connectivity index (χ1n) is 6.75. The molecule has 0 saturated heterocycles. The smallest absolute Gasteiger partial charge is 0.126 e. The van der Waals surface area contributed by atoms with E-state index in [1.807, 2.05) is 0 Å². The van der Waals surface area contributed by atoms with Gasteiger partial charge in [-0.2, -0.15) is 0 Å². The normalized spacial score (nSPS) is 11.0. The third-order valence-corrected chi connectivity index (χ3v) is 3.18. The van der Waals surface area contributed by atoms with Crippen molar-refractivity contribution in [3.8, 4) is 23.0 Å². The second kappa shape index (κ2) is 6.87. The van der Waals surface area contributed by atoms with Gasteiger partial charge in [0.1, 0.15) is 23.0 Å². The van der Waals surface area contributed by atoms with E-state index >= 15 is 0 Å². The molecular formula is C17H18O5. The fourth-order valence-electron chi connectivity index (χ4n) is 2.20. The lowest BCUT2D eigenvalue weighted by Gasteiger charge is -2.10. The maximum absolute atomic E-state index is 10.0. The summed E-state index contributed by atoms with van der Waals surface area (Å²) in [7, 11) is 1.50. The van der Waals surface area contributed by atoms with Crippen molar-refractivity contribution >= 4 is 12.2 Å². The molecule has 116 valence electrons. The van der Waals surface area contributed by atoms with E-state index in [0.29, 0.717) is 28.9 Å². The monoisotopic (exact) mass is 302 g/mol. The number of methoxy groups -OCH3 is 1. The van der Waals surface area contributed by atoms with Gasteiger partial charge in [0.15, 0.2) is 0 Å². The summed E-state index contributed by atoms with van der Waals surface area (Å²) >= 11 is 0. The van der Waals surface area contributed by atoms with E-state index in [4.69, 9.17) is 9.84 Å². The molecule has 0 bridgehead atoms. The van der Waals surface area contributed by atoms with Crippen molar-refractivity contribution in [1.29, 1.82) is 0 Å². The first kappa shape index (κ1) is 15.7. The third-order valence-electron chi connectivity index (χ3n) is 3.18. The Morgan fingerprint density at radius 3 is 2.05 bits per heavy atom. The second-order valence-electron chi connectivity index (χ2n) is 4.81. The van der Waals surface area contributed by atoms with Gasteiger partial charge in [0.25, 0.3) is 0 Å². The van der Waals surface area contributed by atoms with Crippen LogP contribution >= 0.6 is 0 Å². The van der Waals surface area contributed by atoms with E-state index in [2.05, 4.69) is 0 Å². The van der Waals surface area contributed by atoms with Gasteiger partial charge in [0, 0.05) is 24.7 Å². The van der Waals surface area contributed by atoms with Crippen LogP contribution in [-0.4, -0.2) is 34.1 Å². The van der Waals surface area contributed by atoms with E-state index in [1.54, 1.807) is 24.3 Å². The fraction of sp³-hybridized carbons (Fsp3) is 0.176. The predicted octanol–water partition coefficient (Wildman–Crippen LogP) is 2.52. The minimum atomic E-state index is -0.0817. The van der Waals surface area contributed by atoms with E-state index in [1.165, 1.54) is 25.3 Å². The molecule has 5 nitrogen and oxygen atoms in total. The first-order valence-corrected chi connectivity index (χ1v) is 6.75. The van der Waals surface area contributed by atoms with Gasteiger partial charge in [0.2, 0.25) is 0 Å². The highest BCUT2D eigenvalue weighted by Crippen LogP contribution is 2.31. The van der Waals surface area contributed by atoms with Crippen molar-refractivity contribution in [1.82, 2.24) is 0 Å². The van der Waals surface area contributed by atoms with Crippen LogP contribution in [0.25, 0.3) is 12.2 Å². The van der Waals surface area contributed by atoms with Gasteiger partial charge in [-0.25, -0.2) is 0 Å². The standard InChI is InChI=1S/C17H18O5/c1-22-17-9-12(8-16(21)15(17)4-5-18)3-2-11-6-13(19)10-14(20)7-11/h2-3,6-10,18-21H,4-5H2,1H3/b3-2+. The van der Waals surface area contributed by atoms with Crippen molar-refractivity contribution in [3.05, 3.63) is 47.0 Å². The summed E-state index contributed by atoms with van der Waals surface area (Å²) in [6, 6.07) is 7.56. The first-order chi connectivity index (χ1) is 10.5. The van der Waals surface area contributed by atoms with Gasteiger partial charge in [-0.3, -0.25) is 0 Å². The van der Waals surface area contributed by atoms with Crippen LogP contribution in [0.3, 0.4) is 0 Å². The minimum absolute atomic E-state index is 0.0293. The molecule has 0 fully saturated rings. The summed E-state index contributed by atoms with van der Waals surface area (Å²) in [6.45, 7) is -0.0817. The Labute approximate surface area is 128 Å². The molecule has 0 unspecified atom stereocenters. The largest absolute Gasteiger partial charge is 0.508 e. The quantitative estimate of drug-likeness (QED) is 0.637. The SMILES string of the molecule is COc1cc(/C=C/c2cc(O)cc(O)c2)cc(O)c1CCO. The lowest BCUT2D eigenvalue weighted by atomic mass is 10.0. The van der Waals surface area contributed by atoms with E-state index in [9.17, 15) is 15.3 Å². The molecule has 0 saturated carbocycles. The molecule has 22 heavy (non-hydrogen) atoms. The summed E-state index contributed by atoms with van der Waals surface area (Å²) in [5, 5.41) is 37.9. The van der Waals surface area contributed by atoms with Crippen molar-refractivity contribution in [3.63, 3.8) is 0 Å². The average Bonchev–Trinajstić information content (AvgIpc) is 2.46. The van der Waals surface area contributed by atoms with E-state index < -0.39 is 0 Å². The number of rotatable bonds is 5. The zero-order chi connectivity index (χ0) is 16.1. The maximum Gasteiger partial charge on any atom is 0.126 e. The molecule has 0 aliphatic heterocycles. The van der Waals surface area contributed by atoms with Crippen LogP contribution < -0.4 is 4.74 Å². The molecule has 0 aliphatic carbocycles. The summed E-state index contributed by atoms with van der Waals surface area (Å²) < 4.78 is 5.22. The van der Waals surface area contributed by atoms with Crippen molar-refractivity contribution < 1.29 is 25.2 Å². The van der Waals surface area contributed by atoms with Crippen LogP contribution in [0.1, 0.15) is 16.7 Å². The Balaban J connectivity index is 2.33. The minimum Gasteiger partial charge on any atom is -0.508 e. The van der Waals surface area contributed by atoms with E-state index in [-0.39, 0.29) is 23.9 Å². The van der Waals surface area contributed by atoms with Gasteiger partial charge in [-0.15, -0.1) is 0 Å². The van der Waals surface area contributed by atoms with Gasteiger partial charge in [0.05, 0.1) is 7.11 Å². The number of aromatic hydroxyl groups is 3. The highest BCUT2D eigenvalue weighted by molar-refractivity contribution is 5.72. The molecule has 4 N–H and O–H groups in total. The Morgan fingerprint density at radius 2 is 1.50 bits per heavy atom. The number of ether oxygens (including phenoxy) is 1. The number of hydrogen-bond acceptors (Lipinski definition) is 5. The molecule has 0 atom stereocenters. The number of phenolic OH excluding ortho intramolecular Hbond substituents is 3. The molecule has 2 aromatic rings. The van der Waals surface area contributed by atoms with Crippen LogP contribution in [0, 0.1) is 0 Å². The highest BCUT2D eigenvalue weighted by Gasteiger charge is 2.09. The van der Waals surface area contributed by atoms with Crippen LogP contribution in [-0.2, 0) is 6.42 Å². The summed E-state index contributed by atoms with van der Waals surface area (Å²) in [5.41, 5.74) is 1.87. The molecular weight excluding hydrogens is 284 g/mol. The summed E-state index contributed by atoms with van der Waals surface area (Å²) in [5.74, 6) is 0.482. The molecule has 2 aromatic carbocycles. The van der Waals surface area contributed by atoms with Crippen molar-refractivity contribution in [2.45, 2.75) is 6.42 Å². The Kier molecular flexibility index (Phi) is 4.91. The Bertz CT molecular complexity index is 671. The van der Waals surface area contributed by atoms with Crippen molar-refractivity contribution in [2.75, 3.05) is 13.7 Å². The maximum atomic E-state index is 10.0. The van der Waals surface area contributed by atoms with Crippen molar-refractivity contribution in [2.24, 2.45) is 0 Å². The molecule has 5 heteroatoms. The number of benzene rings is 2. The third kappa shape index (κ3) is 3.71. The number of aliphatic hydroxyl groups excluding tert-OH is 1. The van der Waals surface area contributed by atoms with Gasteiger partial charge in [-0.05, 0) is 35.4 Å². The highest BCUT2D eigenvalue weighted by atomic mass is 16.5. The van der Waals surface area contributed by atoms with Crippen LogP contribution in [0.4, 0.5) is 0 Å². The average molecular weight is 302 g/mol. The fourth-order valence-corrected chi connectivity index (χ4v) is 2.20. The van der Waals surface area contributed by atoms with Crippen LogP contribution in [0.2, 0.25) is 0 Å². The van der Waals surface area contributed by atoms with Crippen LogP contribution in [0.15, 0.2) is 30.3 Å². The second-order valence-corrected chi connectivity index (χ2v) is 4.81. The molecule has 0 aromatic heterocycles. The summed E-state index contributed by atoms with van der Waals surface area (Å²) in [6.07, 6.45) is 3.72. The topological polar surface area (TPSA) is 90.2 Å². The molecule has 2 rings (SSSR count). The van der Waals surface area contributed by atoms with Gasteiger partial charge in [-0.1, -0.05) is 12.2 Å². The number of hydrogen-bond donors (Lipinski definition) is 4. The molecule has 0 spiro atoms.